The van der Waals surface area contributed by atoms with E-state index in [4.69, 9.17) is 6.11 Å². The van der Waals surface area contributed by atoms with Gasteiger partial charge in [0.05, 0.1) is 12.7 Å². The van der Waals surface area contributed by atoms with Crippen LogP contribution in [0.1, 0.15) is 22.1 Å². The van der Waals surface area contributed by atoms with Gasteiger partial charge < -0.3 is 9.84 Å². The Balaban J connectivity index is 2.71. The molecule has 0 aliphatic carbocycles. The zero-order valence-corrected chi connectivity index (χ0v) is 6.88. The van der Waals surface area contributed by atoms with Crippen LogP contribution in [0.5, 0.6) is 0 Å². The maximum Gasteiger partial charge on any atom is 0.141 e. The van der Waals surface area contributed by atoms with Crippen molar-refractivity contribution in [3.63, 3.8) is 0 Å². The minimum Gasteiger partial charge on any atom is -0.387 e. The van der Waals surface area contributed by atoms with Gasteiger partial charge in [-0.15, -0.1) is 0 Å². The summed E-state index contributed by atoms with van der Waals surface area (Å²) in [4.78, 5) is 0. The van der Waals surface area contributed by atoms with Gasteiger partial charge in [0.2, 0.25) is 0 Å². The van der Waals surface area contributed by atoms with Gasteiger partial charge in [0, 0.05) is 7.29 Å². The Morgan fingerprint density at radius 2 is 2.45 bits per heavy atom. The van der Waals surface area contributed by atoms with Crippen molar-refractivity contribution in [3.05, 3.63) is 0 Å². The number of hydrogen-bond donors (Lipinski definition) is 1. The first kappa shape index (κ1) is 7.50. The van der Waals surface area contributed by atoms with Crippen LogP contribution in [0.4, 0.5) is 4.39 Å². The van der Waals surface area contributed by atoms with E-state index >= 15 is 0 Å². The fraction of sp³-hybridized carbons (Fsp3) is 1.00. The Hall–Kier alpha value is -0.150. The molecule has 1 heterocycles. The Kier molecular flexibility index (Phi) is 1.85. The molecule has 0 aromatic carbocycles. The van der Waals surface area contributed by atoms with E-state index in [0.29, 0.717) is 0 Å². The number of ether oxygens (including phenoxy) is 1. The molecule has 11 heavy (non-hydrogen) atoms. The molecule has 66 valence electrons. The highest BCUT2D eigenvalue weighted by Crippen LogP contribution is 2.33. The van der Waals surface area contributed by atoms with Crippen LogP contribution < -0.4 is 0 Å². The minimum atomic E-state index is -1.62. The largest absolute Gasteiger partial charge is 0.387 e. The molecule has 1 aliphatic heterocycles. The molecule has 1 rings (SSSR count). The molecule has 0 aromatic heterocycles. The van der Waals surface area contributed by atoms with Crippen LogP contribution in [0.3, 0.4) is 0 Å². The first-order chi connectivity index (χ1) is 5.50. The van der Waals surface area contributed by atoms with Crippen molar-refractivity contribution in [2.45, 2.75) is 38.6 Å². The second-order valence-corrected chi connectivity index (χ2v) is 3.37. The lowest BCUT2D eigenvalue weighted by Gasteiger charge is -2.40. The lowest BCUT2D eigenvalue weighted by atomic mass is 9.83. The lowest BCUT2D eigenvalue weighted by Crippen LogP contribution is -2.53. The van der Waals surface area contributed by atoms with E-state index in [-0.39, 0.29) is 19.4 Å². The molecule has 0 bridgehead atoms. The average molecular weight is 163 g/mol. The molecule has 0 amide bonds. The molecular formula is C8H15FO2. The number of rotatable bonds is 0. The summed E-state index contributed by atoms with van der Waals surface area (Å²) >= 11 is 0. The van der Waals surface area contributed by atoms with E-state index in [1.54, 1.807) is 6.92 Å². The number of hydrogen-bond acceptors (Lipinski definition) is 2. The number of aliphatic hydroxyl groups is 1. The van der Waals surface area contributed by atoms with Gasteiger partial charge in [-0.3, -0.25) is 0 Å². The van der Waals surface area contributed by atoms with Gasteiger partial charge >= 0.3 is 0 Å². The summed E-state index contributed by atoms with van der Waals surface area (Å²) in [6, 6.07) is 0. The Labute approximate surface area is 67.8 Å². The Morgan fingerprint density at radius 3 is 3.00 bits per heavy atom. The molecule has 1 N–H and O–H groups in total. The van der Waals surface area contributed by atoms with E-state index in [1.165, 1.54) is 6.92 Å². The lowest BCUT2D eigenvalue weighted by molar-refractivity contribution is -0.171. The van der Waals surface area contributed by atoms with Crippen LogP contribution >= 0.6 is 0 Å². The van der Waals surface area contributed by atoms with Crippen LogP contribution in [-0.2, 0) is 4.74 Å². The van der Waals surface area contributed by atoms with Crippen LogP contribution in [0.25, 0.3) is 0 Å². The summed E-state index contributed by atoms with van der Waals surface area (Å²) in [6.07, 6.45) is -1.84. The van der Waals surface area contributed by atoms with Crippen molar-refractivity contribution >= 4 is 0 Å². The summed E-state index contributed by atoms with van der Waals surface area (Å²) in [5.41, 5.74) is -1.62. The van der Waals surface area contributed by atoms with Crippen LogP contribution in [0.2, 0.25) is 0 Å². The predicted molar refractivity (Wildman–Crippen MR) is 40.1 cm³/mol. The highest BCUT2D eigenvalue weighted by Gasteiger charge is 2.45. The van der Waals surface area contributed by atoms with E-state index in [0.717, 1.165) is 0 Å². The van der Waals surface area contributed by atoms with Gasteiger partial charge in [-0.2, -0.15) is 0 Å². The maximum absolute atomic E-state index is 13.7. The second kappa shape index (κ2) is 2.72. The minimum absolute atomic E-state index is 0.0899. The van der Waals surface area contributed by atoms with Crippen molar-refractivity contribution in [1.29, 1.82) is 0 Å². The molecule has 1 saturated heterocycles. The molecule has 1 aliphatic rings. The smallest absolute Gasteiger partial charge is 0.141 e. The van der Waals surface area contributed by atoms with Gasteiger partial charge in [0.25, 0.3) is 0 Å². The van der Waals surface area contributed by atoms with E-state index in [1.807, 2.05) is 0 Å². The first-order valence-corrected chi connectivity index (χ1v) is 3.78. The third-order valence-electron chi connectivity index (χ3n) is 2.45. The van der Waals surface area contributed by atoms with Gasteiger partial charge in [-0.25, -0.2) is 4.39 Å². The molecule has 1 fully saturated rings. The van der Waals surface area contributed by atoms with E-state index < -0.39 is 17.9 Å². The average Bonchev–Trinajstić information content (AvgIpc) is 2.02. The van der Waals surface area contributed by atoms with Gasteiger partial charge in [0.15, 0.2) is 0 Å². The summed E-state index contributed by atoms with van der Waals surface area (Å²) in [5.74, 6) is -0.310. The summed E-state index contributed by atoms with van der Waals surface area (Å²) in [6.45, 7) is 3.26. The third-order valence-corrected chi connectivity index (χ3v) is 2.45. The molecule has 1 unspecified atom stereocenters. The summed E-state index contributed by atoms with van der Waals surface area (Å²) in [5, 5.41) is 9.45. The zero-order valence-electron chi connectivity index (χ0n) is 7.88. The fourth-order valence-electron chi connectivity index (χ4n) is 1.18. The maximum atomic E-state index is 13.7. The quantitative estimate of drug-likeness (QED) is 0.580. The Morgan fingerprint density at radius 1 is 1.82 bits per heavy atom. The van der Waals surface area contributed by atoms with Crippen molar-refractivity contribution < 1.29 is 15.6 Å². The van der Waals surface area contributed by atoms with Crippen molar-refractivity contribution in [1.82, 2.24) is 0 Å². The molecule has 0 aromatic rings. The van der Waals surface area contributed by atoms with Crippen LogP contribution in [0, 0.1) is 5.92 Å². The Bertz CT molecular complexity index is 163. The molecule has 4 atom stereocenters. The fourth-order valence-corrected chi connectivity index (χ4v) is 1.18. The molecule has 3 heteroatoms. The van der Waals surface area contributed by atoms with Crippen LogP contribution in [0.15, 0.2) is 0 Å². The number of aliphatic hydroxyl groups excluding tert-OH is 1. The SMILES string of the molecule is [2H]C[C@H]1OC[C@@H](C)[C@](C)(F)C1O. The van der Waals surface area contributed by atoms with Crippen molar-refractivity contribution in [2.75, 3.05) is 6.61 Å². The monoisotopic (exact) mass is 163 g/mol. The van der Waals surface area contributed by atoms with Crippen molar-refractivity contribution in [2.24, 2.45) is 5.92 Å². The molecule has 0 saturated carbocycles. The second-order valence-electron chi connectivity index (χ2n) is 3.37. The summed E-state index contributed by atoms with van der Waals surface area (Å²) in [7, 11) is 0. The zero-order chi connectivity index (χ0) is 9.35. The van der Waals surface area contributed by atoms with Gasteiger partial charge in [-0.05, 0) is 13.8 Å². The predicted octanol–water partition coefficient (Wildman–Crippen LogP) is 1.13. The third kappa shape index (κ3) is 1.40. The first-order valence-electron chi connectivity index (χ1n) is 4.48. The van der Waals surface area contributed by atoms with Crippen LogP contribution in [-0.4, -0.2) is 29.6 Å². The molecule has 2 nitrogen and oxygen atoms in total. The van der Waals surface area contributed by atoms with E-state index in [9.17, 15) is 9.50 Å². The highest BCUT2D eigenvalue weighted by molar-refractivity contribution is 4.93. The summed E-state index contributed by atoms with van der Waals surface area (Å²) < 4.78 is 25.8. The van der Waals surface area contributed by atoms with Crippen molar-refractivity contribution in [3.8, 4) is 0 Å². The van der Waals surface area contributed by atoms with Gasteiger partial charge in [-0.1, -0.05) is 6.92 Å². The van der Waals surface area contributed by atoms with E-state index in [2.05, 4.69) is 0 Å². The number of halogens is 1. The normalized spacial score (nSPS) is 53.8. The number of alkyl halides is 1. The van der Waals surface area contributed by atoms with Gasteiger partial charge in [0.1, 0.15) is 11.8 Å². The standard InChI is InChI=1S/C8H15FO2/c1-5-4-11-6(2)7(10)8(5,3)9/h5-7,10H,4H2,1-3H3/t5-,6-,7?,8+/m1/s1/i2D. The highest BCUT2D eigenvalue weighted by atomic mass is 19.1. The topological polar surface area (TPSA) is 29.5 Å². The molecule has 0 spiro atoms. The molecule has 0 radical (unpaired) electrons. The molecular weight excluding hydrogens is 147 g/mol.